The van der Waals surface area contributed by atoms with Gasteiger partial charge in [0.05, 0.1) is 0 Å². The van der Waals surface area contributed by atoms with Crippen molar-refractivity contribution in [1.29, 1.82) is 0 Å². The molecule has 0 saturated carbocycles. The summed E-state index contributed by atoms with van der Waals surface area (Å²) >= 11 is 6.21. The molecule has 1 aliphatic heterocycles. The summed E-state index contributed by atoms with van der Waals surface area (Å²) in [5.41, 5.74) is 3.12. The van der Waals surface area contributed by atoms with Crippen LogP contribution in [0.15, 0.2) is 24.3 Å². The Morgan fingerprint density at radius 3 is 3.00 bits per heavy atom. The third-order valence-electron chi connectivity index (χ3n) is 3.89. The molecule has 0 aromatic heterocycles. The van der Waals surface area contributed by atoms with Gasteiger partial charge in [0.15, 0.2) is 0 Å². The second-order valence-corrected chi connectivity index (χ2v) is 5.72. The number of piperidine rings is 1. The Morgan fingerprint density at radius 2 is 2.19 bits per heavy atom. The fraction of sp³-hybridized carbons (Fsp3) is 0.571. The second-order valence-electron chi connectivity index (χ2n) is 5.10. The third kappa shape index (κ3) is 1.99. The second kappa shape index (κ2) is 4.38. The molecule has 1 fully saturated rings. The first-order valence-electron chi connectivity index (χ1n) is 6.27. The lowest BCUT2D eigenvalue weighted by atomic mass is 9.77. The molecule has 3 rings (SSSR count). The van der Waals surface area contributed by atoms with Crippen LogP contribution in [-0.2, 0) is 6.42 Å². The largest absolute Gasteiger partial charge is 0.301 e. The molecule has 1 aromatic carbocycles. The molecule has 86 valence electrons. The lowest BCUT2D eigenvalue weighted by Gasteiger charge is -2.37. The predicted octanol–water partition coefficient (Wildman–Crippen LogP) is 3.03. The number of hydrogen-bond donors (Lipinski definition) is 0. The highest BCUT2D eigenvalue weighted by atomic mass is 35.5. The standard InChI is InChI=1S/C14H18ClN/c15-13-5-3-7-16(10-13)9-12-8-11-4-1-2-6-14(11)12/h1-2,4,6,12-13H,3,5,7-10H2. The minimum Gasteiger partial charge on any atom is -0.301 e. The summed E-state index contributed by atoms with van der Waals surface area (Å²) in [6.45, 7) is 3.53. The Balaban J connectivity index is 1.61. The fourth-order valence-corrected chi connectivity index (χ4v) is 3.35. The molecule has 1 nitrogen and oxygen atoms in total. The molecule has 0 radical (unpaired) electrons. The van der Waals surface area contributed by atoms with Gasteiger partial charge in [0.25, 0.3) is 0 Å². The van der Waals surface area contributed by atoms with Crippen molar-refractivity contribution in [3.63, 3.8) is 0 Å². The summed E-state index contributed by atoms with van der Waals surface area (Å²) in [5, 5.41) is 0.379. The molecule has 2 heteroatoms. The van der Waals surface area contributed by atoms with E-state index in [1.807, 2.05) is 0 Å². The van der Waals surface area contributed by atoms with E-state index in [1.54, 1.807) is 11.1 Å². The third-order valence-corrected chi connectivity index (χ3v) is 4.24. The molecular weight excluding hydrogens is 218 g/mol. The highest BCUT2D eigenvalue weighted by Crippen LogP contribution is 2.35. The van der Waals surface area contributed by atoms with Crippen LogP contribution in [0.2, 0.25) is 0 Å². The molecule has 0 bridgehead atoms. The number of hydrogen-bond acceptors (Lipinski definition) is 1. The van der Waals surface area contributed by atoms with Crippen molar-refractivity contribution in [2.45, 2.75) is 30.6 Å². The minimum atomic E-state index is 0.379. The van der Waals surface area contributed by atoms with Crippen LogP contribution < -0.4 is 0 Å². The molecule has 1 aromatic rings. The van der Waals surface area contributed by atoms with Crippen LogP contribution in [0, 0.1) is 0 Å². The van der Waals surface area contributed by atoms with E-state index in [2.05, 4.69) is 29.2 Å². The highest BCUT2D eigenvalue weighted by Gasteiger charge is 2.28. The zero-order valence-corrected chi connectivity index (χ0v) is 10.3. The zero-order valence-electron chi connectivity index (χ0n) is 9.53. The van der Waals surface area contributed by atoms with Crippen molar-refractivity contribution in [1.82, 2.24) is 4.90 Å². The SMILES string of the molecule is ClC1CCCN(CC2Cc3ccccc32)C1. The number of benzene rings is 1. The number of fused-ring (bicyclic) bond motifs is 1. The zero-order chi connectivity index (χ0) is 11.0. The van der Waals surface area contributed by atoms with E-state index in [-0.39, 0.29) is 0 Å². The highest BCUT2D eigenvalue weighted by molar-refractivity contribution is 6.20. The van der Waals surface area contributed by atoms with E-state index in [1.165, 1.54) is 32.4 Å². The van der Waals surface area contributed by atoms with Crippen molar-refractivity contribution in [2.75, 3.05) is 19.6 Å². The Kier molecular flexibility index (Phi) is 2.91. The van der Waals surface area contributed by atoms with E-state index < -0.39 is 0 Å². The van der Waals surface area contributed by atoms with Crippen LogP contribution in [0.1, 0.15) is 29.9 Å². The minimum absolute atomic E-state index is 0.379. The van der Waals surface area contributed by atoms with E-state index in [4.69, 9.17) is 11.6 Å². The number of rotatable bonds is 2. The number of alkyl halides is 1. The van der Waals surface area contributed by atoms with Gasteiger partial charge in [-0.1, -0.05) is 24.3 Å². The molecule has 0 N–H and O–H groups in total. The van der Waals surface area contributed by atoms with Crippen LogP contribution in [0.3, 0.4) is 0 Å². The van der Waals surface area contributed by atoms with Crippen LogP contribution >= 0.6 is 11.6 Å². The molecule has 2 atom stereocenters. The Hall–Kier alpha value is -0.530. The van der Waals surface area contributed by atoms with Crippen molar-refractivity contribution in [2.24, 2.45) is 0 Å². The summed E-state index contributed by atoms with van der Waals surface area (Å²) in [6.07, 6.45) is 3.72. The van der Waals surface area contributed by atoms with E-state index in [0.717, 1.165) is 12.5 Å². The van der Waals surface area contributed by atoms with Gasteiger partial charge in [0.2, 0.25) is 0 Å². The van der Waals surface area contributed by atoms with Crippen LogP contribution in [0.4, 0.5) is 0 Å². The summed E-state index contributed by atoms with van der Waals surface area (Å²) in [6, 6.07) is 8.84. The smallest absolute Gasteiger partial charge is 0.0463 e. The van der Waals surface area contributed by atoms with Gasteiger partial charge in [-0.15, -0.1) is 11.6 Å². The Labute approximate surface area is 102 Å². The molecule has 1 aliphatic carbocycles. The molecule has 0 amide bonds. The normalized spacial score (nSPS) is 29.6. The number of halogens is 1. The van der Waals surface area contributed by atoms with Crippen molar-refractivity contribution < 1.29 is 0 Å². The molecule has 2 aliphatic rings. The molecule has 1 saturated heterocycles. The quantitative estimate of drug-likeness (QED) is 0.713. The van der Waals surface area contributed by atoms with Gasteiger partial charge in [-0.3, -0.25) is 0 Å². The van der Waals surface area contributed by atoms with Gasteiger partial charge in [-0.2, -0.15) is 0 Å². The molecular formula is C14H18ClN. The van der Waals surface area contributed by atoms with Gasteiger partial charge in [0.1, 0.15) is 0 Å². The number of nitrogens with zero attached hydrogens (tertiary/aromatic N) is 1. The maximum atomic E-state index is 6.21. The fourth-order valence-electron chi connectivity index (χ4n) is 3.00. The summed E-state index contributed by atoms with van der Waals surface area (Å²) < 4.78 is 0. The lowest BCUT2D eigenvalue weighted by molar-refractivity contribution is 0.212. The summed E-state index contributed by atoms with van der Waals surface area (Å²) in [4.78, 5) is 2.54. The van der Waals surface area contributed by atoms with Gasteiger partial charge in [0, 0.05) is 24.4 Å². The van der Waals surface area contributed by atoms with E-state index in [0.29, 0.717) is 5.38 Å². The molecule has 16 heavy (non-hydrogen) atoms. The van der Waals surface area contributed by atoms with Crippen LogP contribution in [0.5, 0.6) is 0 Å². The summed E-state index contributed by atoms with van der Waals surface area (Å²) in [7, 11) is 0. The Bertz CT molecular complexity index is 377. The first kappa shape index (κ1) is 10.6. The molecule has 2 unspecified atom stereocenters. The summed E-state index contributed by atoms with van der Waals surface area (Å²) in [5.74, 6) is 0.762. The Morgan fingerprint density at radius 1 is 1.31 bits per heavy atom. The average Bonchev–Trinajstić information content (AvgIpc) is 2.26. The predicted molar refractivity (Wildman–Crippen MR) is 68.2 cm³/mol. The van der Waals surface area contributed by atoms with Crippen molar-refractivity contribution in [3.8, 4) is 0 Å². The van der Waals surface area contributed by atoms with Gasteiger partial charge in [-0.25, -0.2) is 0 Å². The lowest BCUT2D eigenvalue weighted by Crippen LogP contribution is -2.40. The monoisotopic (exact) mass is 235 g/mol. The van der Waals surface area contributed by atoms with E-state index >= 15 is 0 Å². The van der Waals surface area contributed by atoms with Gasteiger partial charge >= 0.3 is 0 Å². The molecule has 0 spiro atoms. The van der Waals surface area contributed by atoms with Crippen LogP contribution in [0.25, 0.3) is 0 Å². The van der Waals surface area contributed by atoms with Gasteiger partial charge in [-0.05, 0) is 36.9 Å². The maximum absolute atomic E-state index is 6.21. The average molecular weight is 236 g/mol. The first-order valence-corrected chi connectivity index (χ1v) is 6.71. The number of likely N-dealkylation sites (tertiary alicyclic amines) is 1. The van der Waals surface area contributed by atoms with Crippen molar-refractivity contribution >= 4 is 11.6 Å². The first-order chi connectivity index (χ1) is 7.83. The maximum Gasteiger partial charge on any atom is 0.0463 e. The topological polar surface area (TPSA) is 3.24 Å². The van der Waals surface area contributed by atoms with E-state index in [9.17, 15) is 0 Å². The molecule has 1 heterocycles. The van der Waals surface area contributed by atoms with Gasteiger partial charge < -0.3 is 4.90 Å². The van der Waals surface area contributed by atoms with Crippen molar-refractivity contribution in [3.05, 3.63) is 35.4 Å². The van der Waals surface area contributed by atoms with Crippen LogP contribution in [-0.4, -0.2) is 29.9 Å².